The van der Waals surface area contributed by atoms with E-state index in [4.69, 9.17) is 4.74 Å². The van der Waals surface area contributed by atoms with Crippen LogP contribution in [0.4, 0.5) is 0 Å². The van der Waals surface area contributed by atoms with Crippen LogP contribution >= 0.6 is 0 Å². The number of hydrogen-bond acceptors (Lipinski definition) is 4. The van der Waals surface area contributed by atoms with Crippen LogP contribution in [0, 0.1) is 0 Å². The predicted molar refractivity (Wildman–Crippen MR) is 116 cm³/mol. The highest BCUT2D eigenvalue weighted by atomic mass is 16.5. The van der Waals surface area contributed by atoms with E-state index in [0.29, 0.717) is 19.4 Å². The van der Waals surface area contributed by atoms with Crippen molar-refractivity contribution in [2.24, 2.45) is 0 Å². The molecule has 6 heteroatoms. The lowest BCUT2D eigenvalue weighted by molar-refractivity contribution is -0.139. The van der Waals surface area contributed by atoms with Crippen molar-refractivity contribution in [2.45, 2.75) is 63.6 Å². The van der Waals surface area contributed by atoms with Gasteiger partial charge in [-0.05, 0) is 37.8 Å². The third-order valence-electron chi connectivity index (χ3n) is 6.86. The van der Waals surface area contributed by atoms with Crippen molar-refractivity contribution in [3.63, 3.8) is 0 Å². The molecule has 0 radical (unpaired) electrons. The molecule has 30 heavy (non-hydrogen) atoms. The van der Waals surface area contributed by atoms with Crippen LogP contribution < -0.4 is 0 Å². The summed E-state index contributed by atoms with van der Waals surface area (Å²) in [5.74, 6) is 0.513. The first-order chi connectivity index (χ1) is 14.7. The first-order valence-electron chi connectivity index (χ1n) is 11.7. The zero-order chi connectivity index (χ0) is 20.8. The van der Waals surface area contributed by atoms with Gasteiger partial charge in [-0.1, -0.05) is 36.8 Å². The van der Waals surface area contributed by atoms with Gasteiger partial charge in [0, 0.05) is 39.0 Å². The summed E-state index contributed by atoms with van der Waals surface area (Å²) in [6, 6.07) is 10.6. The molecule has 1 aromatic carbocycles. The largest absolute Gasteiger partial charge is 0.379 e. The average molecular weight is 414 g/mol. The maximum atomic E-state index is 13.1. The van der Waals surface area contributed by atoms with Crippen LogP contribution in [0.15, 0.2) is 30.3 Å². The standard InChI is InChI=1S/C24H35N3O3/c28-23(11-6-13-25-15-17-30-18-16-25)26-14-12-22-21(26)9-4-5-10-24(29)27(22)19-20-7-2-1-3-8-20/h1-3,7-8,21-22H,4-6,9-19H2/t21-,22+/m1/s1. The van der Waals surface area contributed by atoms with Crippen molar-refractivity contribution in [3.8, 4) is 0 Å². The molecule has 0 N–H and O–H groups in total. The van der Waals surface area contributed by atoms with E-state index in [9.17, 15) is 9.59 Å². The van der Waals surface area contributed by atoms with Crippen LogP contribution in [0.2, 0.25) is 0 Å². The lowest BCUT2D eigenvalue weighted by Gasteiger charge is -2.37. The quantitative estimate of drug-likeness (QED) is 0.720. The first-order valence-corrected chi connectivity index (χ1v) is 11.7. The van der Waals surface area contributed by atoms with Crippen LogP contribution in [0.3, 0.4) is 0 Å². The lowest BCUT2D eigenvalue weighted by atomic mass is 9.96. The van der Waals surface area contributed by atoms with Crippen molar-refractivity contribution < 1.29 is 14.3 Å². The minimum atomic E-state index is 0.154. The van der Waals surface area contributed by atoms with Gasteiger partial charge in [0.25, 0.3) is 0 Å². The Morgan fingerprint density at radius 3 is 2.60 bits per heavy atom. The van der Waals surface area contributed by atoms with Gasteiger partial charge in [0.1, 0.15) is 0 Å². The molecule has 2 atom stereocenters. The Morgan fingerprint density at radius 2 is 1.80 bits per heavy atom. The summed E-state index contributed by atoms with van der Waals surface area (Å²) in [7, 11) is 0. The normalized spacial score (nSPS) is 25.7. The van der Waals surface area contributed by atoms with E-state index in [0.717, 1.165) is 71.5 Å². The Morgan fingerprint density at radius 1 is 1.00 bits per heavy atom. The number of benzene rings is 1. The van der Waals surface area contributed by atoms with E-state index >= 15 is 0 Å². The molecule has 3 saturated heterocycles. The second-order valence-electron chi connectivity index (χ2n) is 8.82. The fraction of sp³-hybridized carbons (Fsp3) is 0.667. The Kier molecular flexibility index (Phi) is 7.39. The summed E-state index contributed by atoms with van der Waals surface area (Å²) in [5.41, 5.74) is 1.17. The molecule has 4 rings (SSSR count). The summed E-state index contributed by atoms with van der Waals surface area (Å²) < 4.78 is 5.40. The zero-order valence-corrected chi connectivity index (χ0v) is 18.0. The molecule has 3 aliphatic heterocycles. The Hall–Kier alpha value is -1.92. The Labute approximate surface area is 180 Å². The second-order valence-corrected chi connectivity index (χ2v) is 8.82. The molecular weight excluding hydrogens is 378 g/mol. The molecule has 3 fully saturated rings. The van der Waals surface area contributed by atoms with Crippen molar-refractivity contribution in [1.82, 2.24) is 14.7 Å². The highest BCUT2D eigenvalue weighted by Gasteiger charge is 2.41. The number of nitrogens with zero attached hydrogens (tertiary/aromatic N) is 3. The van der Waals surface area contributed by atoms with Crippen LogP contribution in [0.25, 0.3) is 0 Å². The third kappa shape index (κ3) is 5.22. The number of hydrogen-bond donors (Lipinski definition) is 0. The van der Waals surface area contributed by atoms with Gasteiger partial charge in [0.15, 0.2) is 0 Å². The Balaban J connectivity index is 1.37. The van der Waals surface area contributed by atoms with Gasteiger partial charge in [-0.2, -0.15) is 0 Å². The summed E-state index contributed by atoms with van der Waals surface area (Å²) in [4.78, 5) is 32.6. The Bertz CT molecular complexity index is 705. The highest BCUT2D eigenvalue weighted by molar-refractivity contribution is 5.79. The van der Waals surface area contributed by atoms with Gasteiger partial charge in [0.05, 0.1) is 25.3 Å². The molecule has 3 aliphatic rings. The van der Waals surface area contributed by atoms with Crippen LogP contribution in [-0.4, -0.2) is 78.0 Å². The second kappa shape index (κ2) is 10.4. The van der Waals surface area contributed by atoms with E-state index < -0.39 is 0 Å². The van der Waals surface area contributed by atoms with E-state index in [2.05, 4.69) is 26.8 Å². The summed E-state index contributed by atoms with van der Waals surface area (Å²) >= 11 is 0. The SMILES string of the molecule is O=C(CCCN1CCOCC1)N1CC[C@H]2[C@H]1CCCCC(=O)N2Cc1ccccc1. The van der Waals surface area contributed by atoms with Crippen molar-refractivity contribution >= 4 is 11.8 Å². The lowest BCUT2D eigenvalue weighted by Crippen LogP contribution is -2.49. The van der Waals surface area contributed by atoms with E-state index in [-0.39, 0.29) is 23.9 Å². The van der Waals surface area contributed by atoms with Gasteiger partial charge < -0.3 is 14.5 Å². The number of fused-ring (bicyclic) bond motifs is 1. The molecule has 164 valence electrons. The van der Waals surface area contributed by atoms with Gasteiger partial charge >= 0.3 is 0 Å². The number of carbonyl (C=O) groups excluding carboxylic acids is 2. The smallest absolute Gasteiger partial charge is 0.223 e. The molecule has 0 spiro atoms. The summed E-state index contributed by atoms with van der Waals surface area (Å²) in [6.07, 6.45) is 6.00. The number of carbonyl (C=O) groups is 2. The average Bonchev–Trinajstić information content (AvgIpc) is 3.18. The zero-order valence-electron chi connectivity index (χ0n) is 18.0. The van der Waals surface area contributed by atoms with Gasteiger partial charge in [-0.25, -0.2) is 0 Å². The molecular formula is C24H35N3O3. The fourth-order valence-electron chi connectivity index (χ4n) is 5.22. The van der Waals surface area contributed by atoms with Crippen LogP contribution in [-0.2, 0) is 20.9 Å². The fourth-order valence-corrected chi connectivity index (χ4v) is 5.22. The molecule has 3 heterocycles. The monoisotopic (exact) mass is 413 g/mol. The summed E-state index contributed by atoms with van der Waals surface area (Å²) in [5, 5.41) is 0. The molecule has 0 aliphatic carbocycles. The molecule has 6 nitrogen and oxygen atoms in total. The van der Waals surface area contributed by atoms with E-state index in [1.807, 2.05) is 18.2 Å². The molecule has 0 saturated carbocycles. The number of amides is 2. The van der Waals surface area contributed by atoms with Crippen LogP contribution in [0.1, 0.15) is 50.5 Å². The topological polar surface area (TPSA) is 53.1 Å². The number of rotatable bonds is 6. The van der Waals surface area contributed by atoms with E-state index in [1.54, 1.807) is 0 Å². The molecule has 0 unspecified atom stereocenters. The van der Waals surface area contributed by atoms with Crippen molar-refractivity contribution in [2.75, 3.05) is 39.4 Å². The van der Waals surface area contributed by atoms with Gasteiger partial charge in [-0.15, -0.1) is 0 Å². The third-order valence-corrected chi connectivity index (χ3v) is 6.86. The minimum Gasteiger partial charge on any atom is -0.379 e. The maximum Gasteiger partial charge on any atom is 0.223 e. The molecule has 0 aromatic heterocycles. The number of ether oxygens (including phenoxy) is 1. The summed E-state index contributed by atoms with van der Waals surface area (Å²) in [6.45, 7) is 5.95. The number of likely N-dealkylation sites (tertiary alicyclic amines) is 2. The number of morpholine rings is 1. The van der Waals surface area contributed by atoms with E-state index in [1.165, 1.54) is 5.56 Å². The van der Waals surface area contributed by atoms with Gasteiger partial charge in [-0.3, -0.25) is 14.5 Å². The van der Waals surface area contributed by atoms with Gasteiger partial charge in [0.2, 0.25) is 11.8 Å². The molecule has 1 aromatic rings. The van der Waals surface area contributed by atoms with Crippen LogP contribution in [0.5, 0.6) is 0 Å². The van der Waals surface area contributed by atoms with Crippen molar-refractivity contribution in [3.05, 3.63) is 35.9 Å². The first kappa shape index (κ1) is 21.3. The highest BCUT2D eigenvalue weighted by Crippen LogP contribution is 2.31. The molecule has 0 bridgehead atoms. The molecule has 2 amide bonds. The predicted octanol–water partition coefficient (Wildman–Crippen LogP) is 2.67. The minimum absolute atomic E-state index is 0.154. The van der Waals surface area contributed by atoms with Crippen molar-refractivity contribution in [1.29, 1.82) is 0 Å². The maximum absolute atomic E-state index is 13.1.